The number of carboxylic acid groups (broad SMARTS) is 4. The number of hydrogen-bond acceptors (Lipinski definition) is 5. The second-order valence-electron chi connectivity index (χ2n) is 3.14. The van der Waals surface area contributed by atoms with Crippen LogP contribution in [0.2, 0.25) is 0 Å². The molecule has 0 aliphatic rings. The van der Waals surface area contributed by atoms with Gasteiger partial charge in [-0.15, -0.1) is 0 Å². The molecule has 0 radical (unpaired) electrons. The maximum Gasteiger partial charge on any atom is 0.321 e. The molecule has 0 bridgehead atoms. The molecule has 5 N–H and O–H groups in total. The van der Waals surface area contributed by atoms with E-state index in [9.17, 15) is 19.2 Å². The van der Waals surface area contributed by atoms with Gasteiger partial charge in [0.2, 0.25) is 0 Å². The second kappa shape index (κ2) is 10.8. The minimum Gasteiger partial charge on any atom is -0.481 e. The smallest absolute Gasteiger partial charge is 0.321 e. The molecule has 0 amide bonds. The third-order valence-electron chi connectivity index (χ3n) is 1.76. The van der Waals surface area contributed by atoms with E-state index in [1.807, 2.05) is 5.32 Å². The largest absolute Gasteiger partial charge is 0.481 e. The van der Waals surface area contributed by atoms with Gasteiger partial charge in [-0.2, -0.15) is 0 Å². The molecule has 0 aliphatic heterocycles. The van der Waals surface area contributed by atoms with Crippen LogP contribution in [0, 0.1) is 0 Å². The van der Waals surface area contributed by atoms with Gasteiger partial charge in [-0.25, -0.2) is 0 Å². The summed E-state index contributed by atoms with van der Waals surface area (Å²) >= 11 is 0. The van der Waals surface area contributed by atoms with E-state index >= 15 is 0 Å². The molecule has 9 nitrogen and oxygen atoms in total. The number of aliphatic carboxylic acids is 4. The van der Waals surface area contributed by atoms with E-state index in [2.05, 4.69) is 0 Å². The third-order valence-corrected chi connectivity index (χ3v) is 1.76. The van der Waals surface area contributed by atoms with Crippen LogP contribution in [-0.2, 0) is 53.3 Å². The predicted octanol–water partition coefficient (Wildman–Crippen LogP) is -1.57. The van der Waals surface area contributed by atoms with Gasteiger partial charge in [-0.05, 0) is 0 Å². The van der Waals surface area contributed by atoms with Crippen LogP contribution in [0.5, 0.6) is 0 Å². The number of carbonyl (C=O) groups is 4. The summed E-state index contributed by atoms with van der Waals surface area (Å²) in [5.74, 6) is -6.01. The van der Waals surface area contributed by atoms with Crippen molar-refractivity contribution in [1.29, 1.82) is 0 Å². The summed E-state index contributed by atoms with van der Waals surface area (Å²) in [6, 6.07) is -3.32. The fourth-order valence-electron chi connectivity index (χ4n) is 1.03. The zero-order valence-corrected chi connectivity index (χ0v) is 11.4. The summed E-state index contributed by atoms with van der Waals surface area (Å²) in [6.07, 6.45) is -1.70. The van der Waals surface area contributed by atoms with Crippen molar-refractivity contribution in [3.8, 4) is 0 Å². The van der Waals surface area contributed by atoms with Crippen molar-refractivity contribution in [2.75, 3.05) is 0 Å². The van der Waals surface area contributed by atoms with Crippen LogP contribution >= 0.6 is 0 Å². The molecule has 2 unspecified atom stereocenters. The summed E-state index contributed by atoms with van der Waals surface area (Å²) in [7, 11) is 0. The Morgan fingerprint density at radius 1 is 0.737 bits per heavy atom. The van der Waals surface area contributed by atoms with Crippen molar-refractivity contribution in [3.05, 3.63) is 0 Å². The standard InChI is InChI=1S/C8H11NO8.2Fe/c10-5(11)1-3(7(14)15)9-4(8(16)17)2-6(12)13;;/h3-4,9H,1-2H2,(H,10,11)(H,12,13)(H,14,15)(H,16,17);;. The zero-order valence-electron chi connectivity index (χ0n) is 9.20. The molecule has 0 rings (SSSR count). The van der Waals surface area contributed by atoms with Gasteiger partial charge in [0.05, 0.1) is 12.8 Å². The monoisotopic (exact) mass is 361 g/mol. The minimum absolute atomic E-state index is 0. The van der Waals surface area contributed by atoms with E-state index in [0.29, 0.717) is 0 Å². The number of rotatable bonds is 8. The summed E-state index contributed by atoms with van der Waals surface area (Å²) in [4.78, 5) is 41.9. The molecule has 0 heterocycles. The predicted molar refractivity (Wildman–Crippen MR) is 50.5 cm³/mol. The van der Waals surface area contributed by atoms with Crippen molar-refractivity contribution in [3.63, 3.8) is 0 Å². The Balaban J connectivity index is -0.00000128. The molecule has 112 valence electrons. The molecule has 0 aromatic carbocycles. The van der Waals surface area contributed by atoms with E-state index in [1.165, 1.54) is 0 Å². The molecule has 11 heteroatoms. The first kappa shape index (κ1) is 23.0. The zero-order chi connectivity index (χ0) is 13.6. The van der Waals surface area contributed by atoms with E-state index in [0.717, 1.165) is 0 Å². The molecule has 0 aliphatic carbocycles. The first-order chi connectivity index (χ1) is 7.73. The Morgan fingerprint density at radius 3 is 1.16 bits per heavy atom. The summed E-state index contributed by atoms with van der Waals surface area (Å²) < 4.78 is 0. The number of nitrogens with one attached hydrogen (secondary N) is 1. The van der Waals surface area contributed by atoms with Crippen molar-refractivity contribution in [2.24, 2.45) is 0 Å². The summed E-state index contributed by atoms with van der Waals surface area (Å²) in [5.41, 5.74) is 0. The molecule has 2 atom stereocenters. The second-order valence-corrected chi connectivity index (χ2v) is 3.14. The van der Waals surface area contributed by atoms with Gasteiger partial charge >= 0.3 is 23.9 Å². The van der Waals surface area contributed by atoms with Crippen LogP contribution in [0.1, 0.15) is 12.8 Å². The average molecular weight is 361 g/mol. The first-order valence-corrected chi connectivity index (χ1v) is 4.39. The van der Waals surface area contributed by atoms with Crippen molar-refractivity contribution in [2.45, 2.75) is 24.9 Å². The van der Waals surface area contributed by atoms with E-state index in [1.54, 1.807) is 0 Å². The van der Waals surface area contributed by atoms with Crippen LogP contribution in [0.3, 0.4) is 0 Å². The fourth-order valence-corrected chi connectivity index (χ4v) is 1.03. The average Bonchev–Trinajstić information content (AvgIpc) is 2.13. The van der Waals surface area contributed by atoms with Gasteiger partial charge in [-0.3, -0.25) is 24.5 Å². The maximum absolute atomic E-state index is 10.6. The Hall–Kier alpha value is -1.12. The first-order valence-electron chi connectivity index (χ1n) is 4.39. The van der Waals surface area contributed by atoms with Gasteiger partial charge in [-0.1, -0.05) is 0 Å². The normalized spacial score (nSPS) is 12.2. The van der Waals surface area contributed by atoms with E-state index < -0.39 is 48.8 Å². The third kappa shape index (κ3) is 10.5. The van der Waals surface area contributed by atoms with E-state index in [-0.39, 0.29) is 34.1 Å². The quantitative estimate of drug-likeness (QED) is 0.322. The Labute approximate surface area is 128 Å². The van der Waals surface area contributed by atoms with Crippen LogP contribution in [0.15, 0.2) is 0 Å². The molecular formula is C8H11Fe2NO8. The van der Waals surface area contributed by atoms with Crippen LogP contribution in [-0.4, -0.2) is 56.4 Å². The molecule has 0 aromatic rings. The Bertz CT molecular complexity index is 316. The molecule has 19 heavy (non-hydrogen) atoms. The SMILES string of the molecule is O=C(O)CC(NC(CC(=O)O)C(=O)O)C(=O)O.[Fe].[Fe]. The van der Waals surface area contributed by atoms with Crippen molar-refractivity contribution < 1.29 is 73.7 Å². The summed E-state index contributed by atoms with van der Waals surface area (Å²) in [6.45, 7) is 0. The number of carboxylic acids is 4. The summed E-state index contributed by atoms with van der Waals surface area (Å²) in [5, 5.41) is 36.0. The Kier molecular flexibility index (Phi) is 13.0. The molecule has 0 spiro atoms. The van der Waals surface area contributed by atoms with Crippen molar-refractivity contribution >= 4 is 23.9 Å². The Morgan fingerprint density at radius 2 is 1.00 bits per heavy atom. The van der Waals surface area contributed by atoms with Gasteiger partial charge in [0.25, 0.3) is 0 Å². The molecule has 0 aromatic heterocycles. The van der Waals surface area contributed by atoms with Gasteiger partial charge < -0.3 is 20.4 Å². The number of hydrogen-bond donors (Lipinski definition) is 5. The van der Waals surface area contributed by atoms with E-state index in [4.69, 9.17) is 20.4 Å². The molecule has 0 saturated heterocycles. The fraction of sp³-hybridized carbons (Fsp3) is 0.500. The topological polar surface area (TPSA) is 161 Å². The van der Waals surface area contributed by atoms with Gasteiger partial charge in [0.1, 0.15) is 12.1 Å². The molecule has 0 fully saturated rings. The van der Waals surface area contributed by atoms with Crippen molar-refractivity contribution in [1.82, 2.24) is 5.32 Å². The maximum atomic E-state index is 10.6. The minimum atomic E-state index is -1.66. The van der Waals surface area contributed by atoms with Crippen LogP contribution in [0.4, 0.5) is 0 Å². The molecular weight excluding hydrogens is 350 g/mol. The molecule has 0 saturated carbocycles. The van der Waals surface area contributed by atoms with Crippen LogP contribution in [0.25, 0.3) is 0 Å². The van der Waals surface area contributed by atoms with Gasteiger partial charge in [0, 0.05) is 34.1 Å². The van der Waals surface area contributed by atoms with Crippen LogP contribution < -0.4 is 5.32 Å². The van der Waals surface area contributed by atoms with Gasteiger partial charge in [0.15, 0.2) is 0 Å².